The summed E-state index contributed by atoms with van der Waals surface area (Å²) in [7, 11) is 0. The van der Waals surface area contributed by atoms with Gasteiger partial charge in [0, 0.05) is 42.3 Å². The van der Waals surface area contributed by atoms with Crippen molar-refractivity contribution in [1.29, 1.82) is 0 Å². The molecule has 156 valence electrons. The van der Waals surface area contributed by atoms with Crippen molar-refractivity contribution in [2.75, 3.05) is 19.7 Å². The lowest BCUT2D eigenvalue weighted by molar-refractivity contribution is 0.0478. The topological polar surface area (TPSA) is 46.5 Å². The Morgan fingerprint density at radius 3 is 2.93 bits per heavy atom. The van der Waals surface area contributed by atoms with E-state index in [2.05, 4.69) is 51.2 Å². The number of nitrogens with one attached hydrogen (secondary N) is 1. The molecule has 0 spiro atoms. The Labute approximate surface area is 177 Å². The molecule has 1 aromatic heterocycles. The van der Waals surface area contributed by atoms with Crippen molar-refractivity contribution >= 4 is 17.2 Å². The van der Waals surface area contributed by atoms with E-state index in [9.17, 15) is 4.79 Å². The maximum Gasteiger partial charge on any atom is 0.152 e. The number of piperidine rings is 1. The van der Waals surface area contributed by atoms with Gasteiger partial charge in [-0.1, -0.05) is 36.8 Å². The first kappa shape index (κ1) is 19.3. The lowest BCUT2D eigenvalue weighted by Gasteiger charge is -2.44. The van der Waals surface area contributed by atoms with Crippen molar-refractivity contribution in [3.8, 4) is 5.75 Å². The molecule has 3 aromatic rings. The summed E-state index contributed by atoms with van der Waals surface area (Å²) in [6.07, 6.45) is 4.79. The van der Waals surface area contributed by atoms with Crippen LogP contribution in [-0.2, 0) is 6.54 Å². The number of likely N-dealkylation sites (tertiary alicyclic amines) is 1. The van der Waals surface area contributed by atoms with Gasteiger partial charge in [0.25, 0.3) is 0 Å². The highest BCUT2D eigenvalue weighted by molar-refractivity contribution is 5.99. The van der Waals surface area contributed by atoms with Crippen molar-refractivity contribution < 1.29 is 9.53 Å². The SMILES string of the molecule is CCOc1cccc(C2CCCCN2C2CNCc3c(C=O)c4ccccc4n32)c1. The van der Waals surface area contributed by atoms with Gasteiger partial charge in [-0.25, -0.2) is 0 Å². The van der Waals surface area contributed by atoms with Gasteiger partial charge in [-0.3, -0.25) is 9.69 Å². The van der Waals surface area contributed by atoms with Crippen LogP contribution in [0.25, 0.3) is 10.9 Å². The molecule has 3 heterocycles. The second-order valence-electron chi connectivity index (χ2n) is 8.23. The molecule has 1 fully saturated rings. The fourth-order valence-electron chi connectivity index (χ4n) is 5.32. The number of fused-ring (bicyclic) bond motifs is 3. The number of rotatable bonds is 5. The monoisotopic (exact) mass is 403 g/mol. The van der Waals surface area contributed by atoms with E-state index in [4.69, 9.17) is 4.74 Å². The molecule has 2 unspecified atom stereocenters. The van der Waals surface area contributed by atoms with Crippen LogP contribution in [0.5, 0.6) is 5.75 Å². The molecule has 2 atom stereocenters. The molecule has 0 radical (unpaired) electrons. The van der Waals surface area contributed by atoms with E-state index in [1.54, 1.807) is 0 Å². The molecule has 5 rings (SSSR count). The van der Waals surface area contributed by atoms with Crippen molar-refractivity contribution in [3.63, 3.8) is 0 Å². The van der Waals surface area contributed by atoms with Gasteiger partial charge < -0.3 is 14.6 Å². The number of carbonyl (C=O) groups excluding carboxylic acids is 1. The maximum absolute atomic E-state index is 12.0. The fourth-order valence-corrected chi connectivity index (χ4v) is 5.32. The minimum atomic E-state index is 0.188. The van der Waals surface area contributed by atoms with Gasteiger partial charge in [-0.2, -0.15) is 0 Å². The van der Waals surface area contributed by atoms with E-state index in [1.165, 1.54) is 18.4 Å². The average molecular weight is 404 g/mol. The van der Waals surface area contributed by atoms with Crippen LogP contribution in [-0.4, -0.2) is 35.4 Å². The van der Waals surface area contributed by atoms with Gasteiger partial charge in [0.2, 0.25) is 0 Å². The molecule has 0 bridgehead atoms. The highest BCUT2D eigenvalue weighted by atomic mass is 16.5. The second kappa shape index (κ2) is 8.25. The Balaban J connectivity index is 1.58. The Morgan fingerprint density at radius 1 is 1.17 bits per heavy atom. The number of ether oxygens (including phenoxy) is 1. The normalized spacial score (nSPS) is 22.0. The first-order valence-electron chi connectivity index (χ1n) is 11.1. The third-order valence-corrected chi connectivity index (χ3v) is 6.57. The lowest BCUT2D eigenvalue weighted by Crippen LogP contribution is -2.47. The number of para-hydroxylation sites is 1. The molecule has 2 aliphatic heterocycles. The number of hydrogen-bond acceptors (Lipinski definition) is 4. The zero-order valence-electron chi connectivity index (χ0n) is 17.5. The maximum atomic E-state index is 12.0. The molecule has 0 amide bonds. The standard InChI is InChI=1S/C25H29N3O2/c1-2-30-19-9-7-8-18(14-19)22-11-5-6-13-27(22)25-16-26-15-24-21(17-29)20-10-3-4-12-23(20)28(24)25/h3-4,7-10,12,14,17,22,25-26H,2,5-6,11,13,15-16H2,1H3. The van der Waals surface area contributed by atoms with E-state index in [0.717, 1.165) is 60.3 Å². The molecule has 2 aliphatic rings. The smallest absolute Gasteiger partial charge is 0.152 e. The van der Waals surface area contributed by atoms with Gasteiger partial charge in [0.15, 0.2) is 6.29 Å². The quantitative estimate of drug-likeness (QED) is 0.628. The van der Waals surface area contributed by atoms with Crippen LogP contribution in [0.3, 0.4) is 0 Å². The van der Waals surface area contributed by atoms with E-state index in [1.807, 2.05) is 19.1 Å². The molecule has 5 heteroatoms. The van der Waals surface area contributed by atoms with Crippen molar-refractivity contribution in [1.82, 2.24) is 14.8 Å². The molecule has 1 saturated heterocycles. The minimum Gasteiger partial charge on any atom is -0.494 e. The Hall–Kier alpha value is -2.63. The van der Waals surface area contributed by atoms with Crippen LogP contribution in [0, 0.1) is 0 Å². The molecular formula is C25H29N3O2. The zero-order chi connectivity index (χ0) is 20.5. The molecule has 30 heavy (non-hydrogen) atoms. The molecule has 2 aromatic carbocycles. The number of nitrogens with zero attached hydrogens (tertiary/aromatic N) is 2. The molecule has 5 nitrogen and oxygen atoms in total. The summed E-state index contributed by atoms with van der Waals surface area (Å²) >= 11 is 0. The molecule has 0 aliphatic carbocycles. The first-order valence-corrected chi connectivity index (χ1v) is 11.1. The van der Waals surface area contributed by atoms with Gasteiger partial charge in [0.1, 0.15) is 5.75 Å². The highest BCUT2D eigenvalue weighted by Gasteiger charge is 2.35. The summed E-state index contributed by atoms with van der Waals surface area (Å²) in [6.45, 7) is 5.37. The van der Waals surface area contributed by atoms with Crippen LogP contribution in [0.15, 0.2) is 48.5 Å². The Kier molecular flexibility index (Phi) is 5.32. The summed E-state index contributed by atoms with van der Waals surface area (Å²) < 4.78 is 8.19. The van der Waals surface area contributed by atoms with Gasteiger partial charge in [0.05, 0.1) is 18.3 Å². The van der Waals surface area contributed by atoms with Gasteiger partial charge in [-0.05, 0) is 43.5 Å². The predicted molar refractivity (Wildman–Crippen MR) is 119 cm³/mol. The minimum absolute atomic E-state index is 0.188. The second-order valence-corrected chi connectivity index (χ2v) is 8.23. The summed E-state index contributed by atoms with van der Waals surface area (Å²) in [5.74, 6) is 0.942. The third-order valence-electron chi connectivity index (χ3n) is 6.57. The van der Waals surface area contributed by atoms with E-state index < -0.39 is 0 Å². The zero-order valence-corrected chi connectivity index (χ0v) is 17.5. The third kappa shape index (κ3) is 3.22. The van der Waals surface area contributed by atoms with Crippen LogP contribution < -0.4 is 10.1 Å². The van der Waals surface area contributed by atoms with Gasteiger partial charge >= 0.3 is 0 Å². The summed E-state index contributed by atoms with van der Waals surface area (Å²) in [5, 5.41) is 4.64. The summed E-state index contributed by atoms with van der Waals surface area (Å²) in [5.41, 5.74) is 4.41. The molecule has 1 N–H and O–H groups in total. The molecule has 0 saturated carbocycles. The van der Waals surface area contributed by atoms with Gasteiger partial charge in [-0.15, -0.1) is 0 Å². The Morgan fingerprint density at radius 2 is 2.07 bits per heavy atom. The van der Waals surface area contributed by atoms with Crippen LogP contribution in [0.1, 0.15) is 60.0 Å². The predicted octanol–water partition coefficient (Wildman–Crippen LogP) is 4.68. The summed E-state index contributed by atoms with van der Waals surface area (Å²) in [4.78, 5) is 14.6. The van der Waals surface area contributed by atoms with Crippen molar-refractivity contribution in [3.05, 3.63) is 65.4 Å². The van der Waals surface area contributed by atoms with Crippen LogP contribution in [0.2, 0.25) is 0 Å². The van der Waals surface area contributed by atoms with Crippen molar-refractivity contribution in [2.45, 2.75) is 44.9 Å². The largest absolute Gasteiger partial charge is 0.494 e. The average Bonchev–Trinajstić information content (AvgIpc) is 3.13. The van der Waals surface area contributed by atoms with Crippen molar-refractivity contribution in [2.24, 2.45) is 0 Å². The van der Waals surface area contributed by atoms with E-state index in [0.29, 0.717) is 12.6 Å². The Bertz CT molecular complexity index is 1060. The molecular weight excluding hydrogens is 374 g/mol. The van der Waals surface area contributed by atoms with Crippen LogP contribution >= 0.6 is 0 Å². The number of aromatic nitrogens is 1. The van der Waals surface area contributed by atoms with E-state index >= 15 is 0 Å². The summed E-state index contributed by atoms with van der Waals surface area (Å²) in [6, 6.07) is 17.2. The fraction of sp³-hybridized carbons (Fsp3) is 0.400. The van der Waals surface area contributed by atoms with E-state index in [-0.39, 0.29) is 6.17 Å². The number of aldehydes is 1. The lowest BCUT2D eigenvalue weighted by atomic mass is 9.94. The number of benzene rings is 2. The highest BCUT2D eigenvalue weighted by Crippen LogP contribution is 2.40. The number of carbonyl (C=O) groups is 1. The first-order chi connectivity index (χ1) is 14.8. The van der Waals surface area contributed by atoms with Crippen LogP contribution in [0.4, 0.5) is 0 Å². The number of hydrogen-bond donors (Lipinski definition) is 1.